The predicted octanol–water partition coefficient (Wildman–Crippen LogP) is -0.572. The van der Waals surface area contributed by atoms with Gasteiger partial charge in [-0.2, -0.15) is 0 Å². The molecular formula is C16H28N4O4. The maximum Gasteiger partial charge on any atom is 0.326 e. The summed E-state index contributed by atoms with van der Waals surface area (Å²) in [5, 5.41) is 15.0. The lowest BCUT2D eigenvalue weighted by Crippen LogP contribution is -2.53. The number of carboxylic acid groups (broad SMARTS) is 1. The quantitative estimate of drug-likeness (QED) is 0.439. The molecule has 5 N–H and O–H groups in total. The van der Waals surface area contributed by atoms with Crippen molar-refractivity contribution in [1.82, 2.24) is 15.5 Å². The van der Waals surface area contributed by atoms with Gasteiger partial charge in [0, 0.05) is 6.54 Å². The summed E-state index contributed by atoms with van der Waals surface area (Å²) in [6, 6.07) is -1.69. The van der Waals surface area contributed by atoms with Crippen molar-refractivity contribution in [3.63, 3.8) is 0 Å². The highest BCUT2D eigenvalue weighted by atomic mass is 16.4. The highest BCUT2D eigenvalue weighted by Gasteiger charge is 2.38. The predicted molar refractivity (Wildman–Crippen MR) is 88.2 cm³/mol. The summed E-state index contributed by atoms with van der Waals surface area (Å²) in [5.41, 5.74) is 5.42. The van der Waals surface area contributed by atoms with Gasteiger partial charge in [-0.3, -0.25) is 9.59 Å². The van der Waals surface area contributed by atoms with E-state index in [0.29, 0.717) is 32.4 Å². The molecule has 2 amide bonds. The third-order valence-corrected chi connectivity index (χ3v) is 4.76. The van der Waals surface area contributed by atoms with Crippen molar-refractivity contribution in [3.05, 3.63) is 0 Å². The molecule has 2 fully saturated rings. The average Bonchev–Trinajstić information content (AvgIpc) is 3.24. The number of amides is 2. The molecule has 0 saturated carbocycles. The lowest BCUT2D eigenvalue weighted by Gasteiger charge is -2.27. The van der Waals surface area contributed by atoms with Crippen LogP contribution in [0.1, 0.15) is 44.9 Å². The van der Waals surface area contributed by atoms with Gasteiger partial charge in [0.05, 0.1) is 6.04 Å². The number of carbonyl (C=O) groups is 3. The molecule has 2 saturated heterocycles. The number of nitrogens with two attached hydrogens (primary N) is 1. The third kappa shape index (κ3) is 4.67. The Morgan fingerprint density at radius 1 is 1.25 bits per heavy atom. The molecular weight excluding hydrogens is 312 g/mol. The van der Waals surface area contributed by atoms with E-state index in [4.69, 9.17) is 5.73 Å². The number of rotatable bonds is 8. The number of hydrogen-bond donors (Lipinski definition) is 4. The first-order valence-electron chi connectivity index (χ1n) is 8.81. The second-order valence-electron chi connectivity index (χ2n) is 6.52. The number of nitrogens with zero attached hydrogens (tertiary/aromatic N) is 1. The smallest absolute Gasteiger partial charge is 0.326 e. The van der Waals surface area contributed by atoms with Crippen LogP contribution in [0.3, 0.4) is 0 Å². The molecule has 3 atom stereocenters. The monoisotopic (exact) mass is 340 g/mol. The first-order chi connectivity index (χ1) is 11.5. The standard InChI is InChI=1S/C16H28N4O4/c17-8-2-1-5-12(16(23)24)19-14(21)13-7-4-10-20(13)15(22)11-6-3-9-18-11/h11-13,18H,1-10,17H2,(H,19,21)(H,23,24)/t11-,12-,13-/m0/s1. The molecule has 0 bridgehead atoms. The number of aliphatic carboxylic acids is 1. The summed E-state index contributed by atoms with van der Waals surface area (Å²) in [6.07, 6.45) is 4.82. The van der Waals surface area contributed by atoms with E-state index in [1.54, 1.807) is 4.90 Å². The van der Waals surface area contributed by atoms with Crippen molar-refractivity contribution in [2.45, 2.75) is 63.1 Å². The Bertz CT molecular complexity index is 465. The number of nitrogens with one attached hydrogen (secondary N) is 2. The Morgan fingerprint density at radius 3 is 2.67 bits per heavy atom. The Labute approximate surface area is 142 Å². The molecule has 8 nitrogen and oxygen atoms in total. The molecule has 0 aromatic carbocycles. The van der Waals surface area contributed by atoms with Crippen molar-refractivity contribution >= 4 is 17.8 Å². The average molecular weight is 340 g/mol. The summed E-state index contributed by atoms with van der Waals surface area (Å²) in [6.45, 7) is 1.88. The number of likely N-dealkylation sites (tertiary alicyclic amines) is 1. The van der Waals surface area contributed by atoms with E-state index in [9.17, 15) is 19.5 Å². The molecule has 24 heavy (non-hydrogen) atoms. The van der Waals surface area contributed by atoms with E-state index in [1.165, 1.54) is 0 Å². The lowest BCUT2D eigenvalue weighted by molar-refractivity contribution is -0.144. The summed E-state index contributed by atoms with van der Waals surface area (Å²) < 4.78 is 0. The maximum atomic E-state index is 12.5. The minimum Gasteiger partial charge on any atom is -0.480 e. The van der Waals surface area contributed by atoms with Crippen LogP contribution in [0.15, 0.2) is 0 Å². The van der Waals surface area contributed by atoms with E-state index in [2.05, 4.69) is 10.6 Å². The van der Waals surface area contributed by atoms with Gasteiger partial charge in [0.25, 0.3) is 0 Å². The van der Waals surface area contributed by atoms with Gasteiger partial charge in [-0.1, -0.05) is 0 Å². The molecule has 0 spiro atoms. The summed E-state index contributed by atoms with van der Waals surface area (Å²) >= 11 is 0. The minimum absolute atomic E-state index is 0.0415. The highest BCUT2D eigenvalue weighted by Crippen LogP contribution is 2.21. The van der Waals surface area contributed by atoms with Crippen LogP contribution in [0, 0.1) is 0 Å². The van der Waals surface area contributed by atoms with Crippen LogP contribution >= 0.6 is 0 Å². The van der Waals surface area contributed by atoms with Crippen LogP contribution in [-0.4, -0.2) is 65.5 Å². The fraction of sp³-hybridized carbons (Fsp3) is 0.812. The van der Waals surface area contributed by atoms with Gasteiger partial charge < -0.3 is 26.4 Å². The van der Waals surface area contributed by atoms with Gasteiger partial charge in [-0.25, -0.2) is 4.79 Å². The SMILES string of the molecule is NCCCC[C@H](NC(=O)[C@@H]1CCCN1C(=O)[C@@H]1CCCN1)C(=O)O. The molecule has 2 rings (SSSR count). The zero-order valence-corrected chi connectivity index (χ0v) is 14.0. The first kappa shape index (κ1) is 18.7. The number of hydrogen-bond acceptors (Lipinski definition) is 5. The zero-order valence-electron chi connectivity index (χ0n) is 14.0. The maximum absolute atomic E-state index is 12.5. The first-order valence-corrected chi connectivity index (χ1v) is 8.81. The van der Waals surface area contributed by atoms with Crippen LogP contribution in [0.25, 0.3) is 0 Å². The van der Waals surface area contributed by atoms with Gasteiger partial charge in [0.1, 0.15) is 12.1 Å². The molecule has 0 aliphatic carbocycles. The van der Waals surface area contributed by atoms with E-state index >= 15 is 0 Å². The molecule has 8 heteroatoms. The molecule has 136 valence electrons. The molecule has 0 aromatic rings. The fourth-order valence-corrected chi connectivity index (χ4v) is 3.42. The van der Waals surface area contributed by atoms with Crippen molar-refractivity contribution in [2.75, 3.05) is 19.6 Å². The van der Waals surface area contributed by atoms with E-state index in [-0.39, 0.29) is 17.9 Å². The second-order valence-corrected chi connectivity index (χ2v) is 6.52. The van der Waals surface area contributed by atoms with Gasteiger partial charge in [0.15, 0.2) is 0 Å². The Morgan fingerprint density at radius 2 is 2.04 bits per heavy atom. The minimum atomic E-state index is -1.05. The largest absolute Gasteiger partial charge is 0.480 e. The number of carbonyl (C=O) groups excluding carboxylic acids is 2. The molecule has 2 aliphatic rings. The van der Waals surface area contributed by atoms with Crippen molar-refractivity contribution in [3.8, 4) is 0 Å². The molecule has 2 heterocycles. The van der Waals surface area contributed by atoms with Gasteiger partial charge in [0.2, 0.25) is 11.8 Å². The summed E-state index contributed by atoms with van der Waals surface area (Å²) in [7, 11) is 0. The Balaban J connectivity index is 1.93. The van der Waals surface area contributed by atoms with E-state index < -0.39 is 18.1 Å². The normalized spacial score (nSPS) is 24.8. The topological polar surface area (TPSA) is 125 Å². The molecule has 0 aromatic heterocycles. The van der Waals surface area contributed by atoms with E-state index in [0.717, 1.165) is 32.2 Å². The Kier molecular flexibility index (Phi) is 6.99. The fourth-order valence-electron chi connectivity index (χ4n) is 3.42. The van der Waals surface area contributed by atoms with Crippen LogP contribution in [-0.2, 0) is 14.4 Å². The third-order valence-electron chi connectivity index (χ3n) is 4.76. The van der Waals surface area contributed by atoms with E-state index in [1.807, 2.05) is 0 Å². The molecule has 0 radical (unpaired) electrons. The molecule has 0 unspecified atom stereocenters. The summed E-state index contributed by atoms with van der Waals surface area (Å²) in [4.78, 5) is 38.0. The van der Waals surface area contributed by atoms with Crippen LogP contribution in [0.4, 0.5) is 0 Å². The van der Waals surface area contributed by atoms with Crippen molar-refractivity contribution < 1.29 is 19.5 Å². The molecule has 2 aliphatic heterocycles. The highest BCUT2D eigenvalue weighted by molar-refractivity contribution is 5.92. The Hall–Kier alpha value is -1.67. The summed E-state index contributed by atoms with van der Waals surface area (Å²) in [5.74, 6) is -1.45. The van der Waals surface area contributed by atoms with Crippen LogP contribution in [0.5, 0.6) is 0 Å². The van der Waals surface area contributed by atoms with Gasteiger partial charge in [-0.05, 0) is 58.0 Å². The number of carboxylic acids is 1. The van der Waals surface area contributed by atoms with Crippen LogP contribution < -0.4 is 16.4 Å². The van der Waals surface area contributed by atoms with Gasteiger partial charge in [-0.15, -0.1) is 0 Å². The lowest BCUT2D eigenvalue weighted by atomic mass is 10.1. The second kappa shape index (κ2) is 8.98. The zero-order chi connectivity index (χ0) is 17.5. The van der Waals surface area contributed by atoms with Crippen LogP contribution in [0.2, 0.25) is 0 Å². The van der Waals surface area contributed by atoms with Gasteiger partial charge >= 0.3 is 5.97 Å². The number of unbranched alkanes of at least 4 members (excludes halogenated alkanes) is 1. The van der Waals surface area contributed by atoms with Crippen molar-refractivity contribution in [2.24, 2.45) is 5.73 Å². The van der Waals surface area contributed by atoms with Crippen molar-refractivity contribution in [1.29, 1.82) is 0 Å².